The smallest absolute Gasteiger partial charge is 0.0107 e. The molecule has 0 aromatic heterocycles. The SMILES string of the molecule is CCN(CC)CCNCCc1ccc(C)c(C)c1. The maximum atomic E-state index is 3.53. The van der Waals surface area contributed by atoms with E-state index in [9.17, 15) is 0 Å². The fourth-order valence-electron chi connectivity index (χ4n) is 2.09. The van der Waals surface area contributed by atoms with Crippen molar-refractivity contribution < 1.29 is 0 Å². The van der Waals surface area contributed by atoms with E-state index >= 15 is 0 Å². The Hall–Kier alpha value is -0.860. The predicted octanol–water partition coefficient (Wildman–Crippen LogP) is 2.78. The van der Waals surface area contributed by atoms with Gasteiger partial charge in [0.2, 0.25) is 0 Å². The van der Waals surface area contributed by atoms with E-state index in [1.54, 1.807) is 0 Å². The molecule has 0 aliphatic rings. The van der Waals surface area contributed by atoms with Crippen molar-refractivity contribution in [1.29, 1.82) is 0 Å². The van der Waals surface area contributed by atoms with Gasteiger partial charge in [-0.1, -0.05) is 32.0 Å². The lowest BCUT2D eigenvalue weighted by molar-refractivity contribution is 0.303. The van der Waals surface area contributed by atoms with Gasteiger partial charge < -0.3 is 10.2 Å². The van der Waals surface area contributed by atoms with E-state index in [-0.39, 0.29) is 0 Å². The number of benzene rings is 1. The van der Waals surface area contributed by atoms with Crippen LogP contribution in [0.25, 0.3) is 0 Å². The maximum Gasteiger partial charge on any atom is 0.0107 e. The molecule has 0 spiro atoms. The van der Waals surface area contributed by atoms with Crippen LogP contribution >= 0.6 is 0 Å². The van der Waals surface area contributed by atoms with Gasteiger partial charge in [-0.2, -0.15) is 0 Å². The number of nitrogens with zero attached hydrogens (tertiary/aromatic N) is 1. The summed E-state index contributed by atoms with van der Waals surface area (Å²) >= 11 is 0. The second-order valence-electron chi connectivity index (χ2n) is 4.95. The van der Waals surface area contributed by atoms with Gasteiger partial charge in [0.1, 0.15) is 0 Å². The highest BCUT2D eigenvalue weighted by atomic mass is 15.1. The first-order chi connectivity index (χ1) is 8.67. The molecule has 0 amide bonds. The van der Waals surface area contributed by atoms with Gasteiger partial charge in [0.05, 0.1) is 0 Å². The lowest BCUT2D eigenvalue weighted by Gasteiger charge is -2.18. The van der Waals surface area contributed by atoms with Gasteiger partial charge in [-0.15, -0.1) is 0 Å². The quantitative estimate of drug-likeness (QED) is 0.712. The molecule has 2 nitrogen and oxygen atoms in total. The van der Waals surface area contributed by atoms with Crippen LogP contribution in [0.1, 0.15) is 30.5 Å². The minimum Gasteiger partial charge on any atom is -0.315 e. The van der Waals surface area contributed by atoms with Crippen LogP contribution in [0.5, 0.6) is 0 Å². The summed E-state index contributed by atoms with van der Waals surface area (Å²) in [6.07, 6.45) is 1.12. The zero-order chi connectivity index (χ0) is 13.4. The second-order valence-corrected chi connectivity index (χ2v) is 4.95. The van der Waals surface area contributed by atoms with Crippen LogP contribution in [0.2, 0.25) is 0 Å². The zero-order valence-corrected chi connectivity index (χ0v) is 12.4. The molecule has 0 saturated carbocycles. The number of rotatable bonds is 8. The Morgan fingerprint density at radius 3 is 2.33 bits per heavy atom. The summed E-state index contributed by atoms with van der Waals surface area (Å²) in [5, 5.41) is 3.53. The van der Waals surface area contributed by atoms with Gasteiger partial charge >= 0.3 is 0 Å². The van der Waals surface area contributed by atoms with E-state index in [2.05, 4.69) is 56.1 Å². The number of aryl methyl sites for hydroxylation is 2. The van der Waals surface area contributed by atoms with Crippen LogP contribution in [0.4, 0.5) is 0 Å². The Kier molecular flexibility index (Phi) is 6.99. The molecular formula is C16H28N2. The fraction of sp³-hybridized carbons (Fsp3) is 0.625. The largest absolute Gasteiger partial charge is 0.315 e. The van der Waals surface area contributed by atoms with E-state index in [0.717, 1.165) is 39.1 Å². The molecule has 1 N–H and O–H groups in total. The molecule has 0 aliphatic carbocycles. The van der Waals surface area contributed by atoms with E-state index in [4.69, 9.17) is 0 Å². The molecule has 0 radical (unpaired) electrons. The van der Waals surface area contributed by atoms with Gasteiger partial charge in [0.15, 0.2) is 0 Å². The van der Waals surface area contributed by atoms with Gasteiger partial charge in [-0.25, -0.2) is 0 Å². The molecule has 1 aromatic carbocycles. The fourth-order valence-corrected chi connectivity index (χ4v) is 2.09. The van der Waals surface area contributed by atoms with Crippen LogP contribution in [-0.4, -0.2) is 37.6 Å². The first kappa shape index (κ1) is 15.2. The molecule has 0 fully saturated rings. The molecule has 0 saturated heterocycles. The van der Waals surface area contributed by atoms with Crippen molar-refractivity contribution in [2.45, 2.75) is 34.1 Å². The van der Waals surface area contributed by atoms with Crippen LogP contribution < -0.4 is 5.32 Å². The molecular weight excluding hydrogens is 220 g/mol. The molecule has 1 aromatic rings. The molecule has 0 bridgehead atoms. The van der Waals surface area contributed by atoms with Gasteiger partial charge in [-0.3, -0.25) is 0 Å². The third-order valence-corrected chi connectivity index (χ3v) is 3.66. The minimum absolute atomic E-state index is 1.07. The van der Waals surface area contributed by atoms with Gasteiger partial charge in [-0.05, 0) is 56.6 Å². The van der Waals surface area contributed by atoms with Crippen LogP contribution in [-0.2, 0) is 6.42 Å². The lowest BCUT2D eigenvalue weighted by Crippen LogP contribution is -2.32. The average Bonchev–Trinajstić information content (AvgIpc) is 2.38. The van der Waals surface area contributed by atoms with E-state index in [1.165, 1.54) is 16.7 Å². The normalized spacial score (nSPS) is 11.2. The molecule has 1 rings (SSSR count). The van der Waals surface area contributed by atoms with Crippen molar-refractivity contribution in [3.8, 4) is 0 Å². The van der Waals surface area contributed by atoms with E-state index in [1.807, 2.05) is 0 Å². The topological polar surface area (TPSA) is 15.3 Å². The molecule has 18 heavy (non-hydrogen) atoms. The summed E-state index contributed by atoms with van der Waals surface area (Å²) in [5.41, 5.74) is 4.22. The number of nitrogens with one attached hydrogen (secondary N) is 1. The number of likely N-dealkylation sites (N-methyl/N-ethyl adjacent to an activating group) is 1. The molecule has 102 valence electrons. The van der Waals surface area contributed by atoms with Crippen molar-refractivity contribution in [3.63, 3.8) is 0 Å². The van der Waals surface area contributed by atoms with Crippen molar-refractivity contribution in [2.75, 3.05) is 32.7 Å². The van der Waals surface area contributed by atoms with Crippen molar-refractivity contribution in [2.24, 2.45) is 0 Å². The highest BCUT2D eigenvalue weighted by Gasteiger charge is 1.99. The van der Waals surface area contributed by atoms with Crippen LogP contribution in [0.15, 0.2) is 18.2 Å². The molecule has 0 unspecified atom stereocenters. The first-order valence-electron chi connectivity index (χ1n) is 7.16. The summed E-state index contributed by atoms with van der Waals surface area (Å²) in [5.74, 6) is 0. The average molecular weight is 248 g/mol. The number of hydrogen-bond donors (Lipinski definition) is 1. The Morgan fingerprint density at radius 2 is 1.72 bits per heavy atom. The third-order valence-electron chi connectivity index (χ3n) is 3.66. The monoisotopic (exact) mass is 248 g/mol. The Balaban J connectivity index is 2.19. The van der Waals surface area contributed by atoms with Crippen molar-refractivity contribution in [1.82, 2.24) is 10.2 Å². The van der Waals surface area contributed by atoms with Gasteiger partial charge in [0, 0.05) is 13.1 Å². The summed E-state index contributed by atoms with van der Waals surface area (Å²) in [4.78, 5) is 2.45. The van der Waals surface area contributed by atoms with Crippen LogP contribution in [0, 0.1) is 13.8 Å². The highest BCUT2D eigenvalue weighted by molar-refractivity contribution is 5.29. The Bertz CT molecular complexity index is 343. The summed E-state index contributed by atoms with van der Waals surface area (Å²) in [6.45, 7) is 14.4. The van der Waals surface area contributed by atoms with E-state index in [0.29, 0.717) is 0 Å². The molecule has 0 heterocycles. The highest BCUT2D eigenvalue weighted by Crippen LogP contribution is 2.09. The standard InChI is InChI=1S/C16H28N2/c1-5-18(6-2)12-11-17-10-9-16-8-7-14(3)15(4)13-16/h7-8,13,17H,5-6,9-12H2,1-4H3. The Morgan fingerprint density at radius 1 is 1.00 bits per heavy atom. The van der Waals surface area contributed by atoms with Crippen LogP contribution in [0.3, 0.4) is 0 Å². The second kappa shape index (κ2) is 8.28. The minimum atomic E-state index is 1.07. The predicted molar refractivity (Wildman–Crippen MR) is 80.3 cm³/mol. The van der Waals surface area contributed by atoms with E-state index < -0.39 is 0 Å². The first-order valence-corrected chi connectivity index (χ1v) is 7.16. The lowest BCUT2D eigenvalue weighted by atomic mass is 10.0. The maximum absolute atomic E-state index is 3.53. The van der Waals surface area contributed by atoms with Crippen molar-refractivity contribution in [3.05, 3.63) is 34.9 Å². The zero-order valence-electron chi connectivity index (χ0n) is 12.4. The summed E-state index contributed by atoms with van der Waals surface area (Å²) < 4.78 is 0. The van der Waals surface area contributed by atoms with Gasteiger partial charge in [0.25, 0.3) is 0 Å². The summed E-state index contributed by atoms with van der Waals surface area (Å²) in [7, 11) is 0. The third kappa shape index (κ3) is 5.19. The molecule has 2 heteroatoms. The number of hydrogen-bond acceptors (Lipinski definition) is 2. The Labute approximate surface area is 112 Å². The summed E-state index contributed by atoms with van der Waals surface area (Å²) in [6, 6.07) is 6.77. The molecule has 0 aliphatic heterocycles. The molecule has 0 atom stereocenters. The van der Waals surface area contributed by atoms with Crippen molar-refractivity contribution >= 4 is 0 Å².